The van der Waals surface area contributed by atoms with Crippen LogP contribution in [0.5, 0.6) is 0 Å². The van der Waals surface area contributed by atoms with Gasteiger partial charge in [-0.1, -0.05) is 23.7 Å². The summed E-state index contributed by atoms with van der Waals surface area (Å²) < 4.78 is 19.2. The first-order valence-electron chi connectivity index (χ1n) is 8.23. The molecule has 5 nitrogen and oxygen atoms in total. The number of carbonyl (C=O) groups excluding carboxylic acids is 2. The number of halogens is 2. The molecule has 0 aromatic heterocycles. The molecule has 2 rings (SSSR count). The van der Waals surface area contributed by atoms with Gasteiger partial charge in [-0.2, -0.15) is 0 Å². The van der Waals surface area contributed by atoms with Gasteiger partial charge in [0.05, 0.1) is 11.1 Å². The molecule has 1 fully saturated rings. The highest BCUT2D eigenvalue weighted by atomic mass is 35.5. The Morgan fingerprint density at radius 1 is 1.40 bits per heavy atom. The molecule has 0 aliphatic carbocycles. The van der Waals surface area contributed by atoms with Crippen molar-refractivity contribution in [2.24, 2.45) is 0 Å². The fraction of sp³-hybridized carbons (Fsp3) is 0.556. The van der Waals surface area contributed by atoms with E-state index in [0.29, 0.717) is 12.0 Å². The van der Waals surface area contributed by atoms with Crippen LogP contribution < -0.4 is 0 Å². The van der Waals surface area contributed by atoms with Crippen molar-refractivity contribution < 1.29 is 23.8 Å². The summed E-state index contributed by atoms with van der Waals surface area (Å²) >= 11 is 5.74. The summed E-state index contributed by atoms with van der Waals surface area (Å²) in [4.78, 5) is 26.1. The Morgan fingerprint density at radius 3 is 2.72 bits per heavy atom. The van der Waals surface area contributed by atoms with Crippen molar-refractivity contribution in [2.45, 2.75) is 57.8 Å². The first-order valence-corrected chi connectivity index (χ1v) is 8.61. The summed E-state index contributed by atoms with van der Waals surface area (Å²) in [5.41, 5.74) is -0.362. The van der Waals surface area contributed by atoms with Gasteiger partial charge in [-0.15, -0.1) is 0 Å². The van der Waals surface area contributed by atoms with Crippen molar-refractivity contribution in [1.29, 1.82) is 0 Å². The van der Waals surface area contributed by atoms with Gasteiger partial charge in [-0.25, -0.2) is 9.18 Å². The predicted octanol–water partition coefficient (Wildman–Crippen LogP) is 3.35. The largest absolute Gasteiger partial charge is 0.444 e. The van der Waals surface area contributed by atoms with E-state index in [0.717, 1.165) is 0 Å². The van der Waals surface area contributed by atoms with E-state index in [2.05, 4.69) is 0 Å². The summed E-state index contributed by atoms with van der Waals surface area (Å²) in [5, 5.41) is 10.1. The number of ketones is 1. The Hall–Kier alpha value is -1.66. The lowest BCUT2D eigenvalue weighted by molar-refractivity contribution is -0.125. The fourth-order valence-electron chi connectivity index (χ4n) is 2.84. The Kier molecular flexibility index (Phi) is 6.06. The third-order valence-electron chi connectivity index (χ3n) is 4.00. The lowest BCUT2D eigenvalue weighted by atomic mass is 10.00. The van der Waals surface area contributed by atoms with Gasteiger partial charge in [-0.05, 0) is 45.2 Å². The van der Waals surface area contributed by atoms with Gasteiger partial charge in [0.1, 0.15) is 17.5 Å². The van der Waals surface area contributed by atoms with Crippen molar-refractivity contribution in [3.8, 4) is 0 Å². The zero-order chi connectivity index (χ0) is 18.8. The number of Topliss-reactive ketones (excluding diaryl/α,β-unsaturated/α-hetero) is 1. The SMILES string of the molecule is CC(C)(C)OC(=O)N1CC[C@@H](O)[C@H]1C(=O)CCc1cccc(Cl)c1F. The second-order valence-corrected chi connectivity index (χ2v) is 7.56. The number of amides is 1. The average Bonchev–Trinajstić information content (AvgIpc) is 2.89. The smallest absolute Gasteiger partial charge is 0.410 e. The van der Waals surface area contributed by atoms with E-state index in [1.807, 2.05) is 0 Å². The molecule has 25 heavy (non-hydrogen) atoms. The molecule has 1 N–H and O–H groups in total. The molecule has 138 valence electrons. The van der Waals surface area contributed by atoms with Crippen LogP contribution in [0.15, 0.2) is 18.2 Å². The van der Waals surface area contributed by atoms with Crippen LogP contribution in [0, 0.1) is 5.82 Å². The normalized spacial score (nSPS) is 20.6. The third-order valence-corrected chi connectivity index (χ3v) is 4.29. The van der Waals surface area contributed by atoms with Crippen molar-refractivity contribution >= 4 is 23.5 Å². The topological polar surface area (TPSA) is 66.8 Å². The van der Waals surface area contributed by atoms with Crippen molar-refractivity contribution in [2.75, 3.05) is 6.54 Å². The van der Waals surface area contributed by atoms with Crippen molar-refractivity contribution in [1.82, 2.24) is 4.90 Å². The van der Waals surface area contributed by atoms with Gasteiger partial charge in [0, 0.05) is 13.0 Å². The molecular formula is C18H23ClFNO4. The number of likely N-dealkylation sites (tertiary alicyclic amines) is 1. The fourth-order valence-corrected chi connectivity index (χ4v) is 3.03. The first kappa shape index (κ1) is 19.7. The molecule has 1 aliphatic rings. The Balaban J connectivity index is 2.05. The van der Waals surface area contributed by atoms with Crippen LogP contribution in [0.1, 0.15) is 39.2 Å². The Labute approximate surface area is 151 Å². The number of benzene rings is 1. The standard InChI is InChI=1S/C18H23ClFNO4/c1-18(2,3)25-17(24)21-10-9-14(23)16(21)13(22)8-7-11-5-4-6-12(19)15(11)20/h4-6,14,16,23H,7-10H2,1-3H3/t14-,16-/m1/s1. The zero-order valence-corrected chi connectivity index (χ0v) is 15.3. The van der Waals surface area contributed by atoms with Gasteiger partial charge in [0.25, 0.3) is 0 Å². The van der Waals surface area contributed by atoms with Gasteiger partial charge in [0.15, 0.2) is 5.78 Å². The van der Waals surface area contributed by atoms with E-state index >= 15 is 0 Å². The minimum atomic E-state index is -0.961. The van der Waals surface area contributed by atoms with E-state index in [-0.39, 0.29) is 30.2 Å². The van der Waals surface area contributed by atoms with Gasteiger partial charge in [0.2, 0.25) is 0 Å². The number of carbonyl (C=O) groups is 2. The maximum atomic E-state index is 13.9. The first-order chi connectivity index (χ1) is 11.6. The van der Waals surface area contributed by atoms with Crippen LogP contribution >= 0.6 is 11.6 Å². The molecule has 0 spiro atoms. The summed E-state index contributed by atoms with van der Waals surface area (Å²) in [6.45, 7) is 5.44. The minimum absolute atomic E-state index is 0.00114. The molecule has 0 bridgehead atoms. The molecule has 2 atom stereocenters. The third kappa shape index (κ3) is 4.92. The summed E-state index contributed by atoms with van der Waals surface area (Å²) in [6, 6.07) is 3.65. The van der Waals surface area contributed by atoms with E-state index < -0.39 is 29.7 Å². The Bertz CT molecular complexity index is 659. The maximum absolute atomic E-state index is 13.9. The highest BCUT2D eigenvalue weighted by molar-refractivity contribution is 6.30. The molecule has 7 heteroatoms. The molecule has 0 radical (unpaired) electrons. The van der Waals surface area contributed by atoms with Crippen LogP contribution in [0.4, 0.5) is 9.18 Å². The number of hydrogen-bond donors (Lipinski definition) is 1. The molecule has 1 aromatic carbocycles. The lowest BCUT2D eigenvalue weighted by Crippen LogP contribution is -2.47. The van der Waals surface area contributed by atoms with Crippen molar-refractivity contribution in [3.05, 3.63) is 34.6 Å². The van der Waals surface area contributed by atoms with Crippen LogP contribution in [0.25, 0.3) is 0 Å². The van der Waals surface area contributed by atoms with Crippen molar-refractivity contribution in [3.63, 3.8) is 0 Å². The molecular weight excluding hydrogens is 349 g/mol. The van der Waals surface area contributed by atoms with E-state index in [1.165, 1.54) is 11.0 Å². The molecule has 1 amide bonds. The highest BCUT2D eigenvalue weighted by Gasteiger charge is 2.42. The summed E-state index contributed by atoms with van der Waals surface area (Å²) in [5.74, 6) is -0.872. The van der Waals surface area contributed by atoms with Crippen LogP contribution in [0.2, 0.25) is 5.02 Å². The molecule has 1 heterocycles. The Morgan fingerprint density at radius 2 is 2.08 bits per heavy atom. The molecule has 0 saturated carbocycles. The minimum Gasteiger partial charge on any atom is -0.444 e. The second kappa shape index (κ2) is 7.70. The van der Waals surface area contributed by atoms with Crippen LogP contribution in [-0.2, 0) is 16.0 Å². The number of ether oxygens (including phenoxy) is 1. The van der Waals surface area contributed by atoms with E-state index in [4.69, 9.17) is 16.3 Å². The van der Waals surface area contributed by atoms with E-state index in [1.54, 1.807) is 32.9 Å². The van der Waals surface area contributed by atoms with Crippen LogP contribution in [0.3, 0.4) is 0 Å². The second-order valence-electron chi connectivity index (χ2n) is 7.15. The van der Waals surface area contributed by atoms with E-state index in [9.17, 15) is 19.1 Å². The highest BCUT2D eigenvalue weighted by Crippen LogP contribution is 2.24. The average molecular weight is 372 g/mol. The number of aliphatic hydroxyl groups excluding tert-OH is 1. The maximum Gasteiger partial charge on any atom is 0.410 e. The number of rotatable bonds is 4. The predicted molar refractivity (Wildman–Crippen MR) is 92.1 cm³/mol. The number of aryl methyl sites for hydroxylation is 1. The molecule has 1 aliphatic heterocycles. The monoisotopic (exact) mass is 371 g/mol. The number of aliphatic hydroxyl groups is 1. The summed E-state index contributed by atoms with van der Waals surface area (Å²) in [7, 11) is 0. The quantitative estimate of drug-likeness (QED) is 0.881. The molecule has 1 aromatic rings. The lowest BCUT2D eigenvalue weighted by Gasteiger charge is -2.28. The molecule has 0 unspecified atom stereocenters. The van der Waals surface area contributed by atoms with Gasteiger partial charge < -0.3 is 9.84 Å². The zero-order valence-electron chi connectivity index (χ0n) is 14.6. The molecule has 1 saturated heterocycles. The van der Waals surface area contributed by atoms with Gasteiger partial charge >= 0.3 is 6.09 Å². The van der Waals surface area contributed by atoms with Gasteiger partial charge in [-0.3, -0.25) is 9.69 Å². The number of nitrogens with zero attached hydrogens (tertiary/aromatic N) is 1. The number of hydrogen-bond acceptors (Lipinski definition) is 4. The summed E-state index contributed by atoms with van der Waals surface area (Å²) in [6.07, 6.45) is -1.11. The van der Waals surface area contributed by atoms with Crippen LogP contribution in [-0.4, -0.2) is 46.2 Å².